The predicted molar refractivity (Wildman–Crippen MR) is 77.2 cm³/mol. The fraction of sp³-hybridized carbons (Fsp3) is 0.0833. The van der Waals surface area contributed by atoms with E-state index in [0.29, 0.717) is 5.75 Å². The maximum Gasteiger partial charge on any atom is 0.264 e. The summed E-state index contributed by atoms with van der Waals surface area (Å²) in [4.78, 5) is -0.0596. The van der Waals surface area contributed by atoms with Gasteiger partial charge in [-0.05, 0) is 23.6 Å². The lowest BCUT2D eigenvalue weighted by Crippen LogP contribution is -2.14. The van der Waals surface area contributed by atoms with Gasteiger partial charge in [-0.1, -0.05) is 0 Å². The van der Waals surface area contributed by atoms with E-state index >= 15 is 0 Å². The standard InChI is InChI=1S/C12H11N3O3S2/c1-18-9-2-3-11(10(14)6-9)20(16,17)15-12-8(7-13)4-5-19-12/h2-6,15H,14H2,1H3. The van der Waals surface area contributed by atoms with Gasteiger partial charge >= 0.3 is 0 Å². The minimum Gasteiger partial charge on any atom is -0.497 e. The van der Waals surface area contributed by atoms with Crippen molar-refractivity contribution < 1.29 is 13.2 Å². The van der Waals surface area contributed by atoms with E-state index in [0.717, 1.165) is 11.3 Å². The SMILES string of the molecule is COc1ccc(S(=O)(=O)Nc2sccc2C#N)c(N)c1. The Labute approximate surface area is 120 Å². The molecule has 0 aliphatic rings. The predicted octanol–water partition coefficient (Wildman–Crippen LogP) is 2.01. The molecule has 1 aromatic heterocycles. The highest BCUT2D eigenvalue weighted by Gasteiger charge is 2.20. The van der Waals surface area contributed by atoms with Crippen LogP contribution in [-0.4, -0.2) is 15.5 Å². The summed E-state index contributed by atoms with van der Waals surface area (Å²) in [6, 6.07) is 7.74. The minimum absolute atomic E-state index is 0.0596. The van der Waals surface area contributed by atoms with Crippen LogP contribution in [0.15, 0.2) is 34.5 Å². The molecule has 20 heavy (non-hydrogen) atoms. The Morgan fingerprint density at radius 2 is 2.15 bits per heavy atom. The zero-order valence-electron chi connectivity index (χ0n) is 10.5. The number of hydrogen-bond donors (Lipinski definition) is 2. The van der Waals surface area contributed by atoms with Crippen molar-refractivity contribution in [2.75, 3.05) is 17.6 Å². The number of benzene rings is 1. The van der Waals surface area contributed by atoms with Crippen LogP contribution in [0.25, 0.3) is 0 Å². The van der Waals surface area contributed by atoms with Crippen LogP contribution >= 0.6 is 11.3 Å². The van der Waals surface area contributed by atoms with Crippen molar-refractivity contribution >= 4 is 32.0 Å². The Bertz CT molecular complexity index is 775. The minimum atomic E-state index is -3.84. The molecule has 0 amide bonds. The highest BCUT2D eigenvalue weighted by molar-refractivity contribution is 7.93. The van der Waals surface area contributed by atoms with Crippen LogP contribution in [0.2, 0.25) is 0 Å². The molecule has 104 valence electrons. The molecule has 0 aliphatic heterocycles. The number of hydrogen-bond acceptors (Lipinski definition) is 6. The number of rotatable bonds is 4. The number of ether oxygens (including phenoxy) is 1. The van der Waals surface area contributed by atoms with Crippen LogP contribution in [-0.2, 0) is 10.0 Å². The molecule has 0 aliphatic carbocycles. The van der Waals surface area contributed by atoms with E-state index in [1.165, 1.54) is 25.3 Å². The Morgan fingerprint density at radius 1 is 1.40 bits per heavy atom. The average molecular weight is 309 g/mol. The van der Waals surface area contributed by atoms with Crippen molar-refractivity contribution in [2.45, 2.75) is 4.90 Å². The highest BCUT2D eigenvalue weighted by Crippen LogP contribution is 2.29. The molecule has 1 heterocycles. The summed E-state index contributed by atoms with van der Waals surface area (Å²) >= 11 is 1.13. The fourth-order valence-electron chi connectivity index (χ4n) is 1.55. The highest BCUT2D eigenvalue weighted by atomic mass is 32.2. The summed E-state index contributed by atoms with van der Waals surface area (Å²) in [7, 11) is -2.38. The smallest absolute Gasteiger partial charge is 0.264 e. The van der Waals surface area contributed by atoms with Crippen LogP contribution in [0.5, 0.6) is 5.75 Å². The topological polar surface area (TPSA) is 105 Å². The van der Waals surface area contributed by atoms with Gasteiger partial charge in [-0.25, -0.2) is 8.42 Å². The summed E-state index contributed by atoms with van der Waals surface area (Å²) < 4.78 is 31.8. The second-order valence-electron chi connectivity index (χ2n) is 3.78. The van der Waals surface area contributed by atoms with Crippen molar-refractivity contribution in [1.82, 2.24) is 0 Å². The van der Waals surface area contributed by atoms with Crippen molar-refractivity contribution in [3.63, 3.8) is 0 Å². The molecular formula is C12H11N3O3S2. The number of nitrogen functional groups attached to an aromatic ring is 1. The zero-order valence-corrected chi connectivity index (χ0v) is 12.1. The van der Waals surface area contributed by atoms with Gasteiger partial charge in [0.2, 0.25) is 0 Å². The van der Waals surface area contributed by atoms with Crippen molar-refractivity contribution in [3.8, 4) is 11.8 Å². The summed E-state index contributed by atoms with van der Waals surface area (Å²) in [6.07, 6.45) is 0. The second-order valence-corrected chi connectivity index (χ2v) is 6.35. The molecule has 0 fully saturated rings. The van der Waals surface area contributed by atoms with E-state index in [2.05, 4.69) is 4.72 Å². The first-order chi connectivity index (χ1) is 9.47. The summed E-state index contributed by atoms with van der Waals surface area (Å²) in [5, 5.41) is 10.8. The van der Waals surface area contributed by atoms with Gasteiger partial charge in [-0.3, -0.25) is 4.72 Å². The normalized spacial score (nSPS) is 10.8. The van der Waals surface area contributed by atoms with Crippen LogP contribution < -0.4 is 15.2 Å². The molecule has 2 rings (SSSR count). The molecule has 2 aromatic rings. The van der Waals surface area contributed by atoms with Gasteiger partial charge < -0.3 is 10.5 Å². The lowest BCUT2D eigenvalue weighted by molar-refractivity contribution is 0.414. The third-order valence-electron chi connectivity index (χ3n) is 2.52. The van der Waals surface area contributed by atoms with Crippen LogP contribution in [0.3, 0.4) is 0 Å². The van der Waals surface area contributed by atoms with Crippen molar-refractivity contribution in [1.29, 1.82) is 5.26 Å². The lowest BCUT2D eigenvalue weighted by Gasteiger charge is -2.10. The molecule has 0 bridgehead atoms. The van der Waals surface area contributed by atoms with Gasteiger partial charge in [0.25, 0.3) is 10.0 Å². The van der Waals surface area contributed by atoms with Gasteiger partial charge in [0.15, 0.2) is 0 Å². The average Bonchev–Trinajstić information content (AvgIpc) is 2.84. The van der Waals surface area contributed by atoms with E-state index in [1.54, 1.807) is 11.4 Å². The maximum atomic E-state index is 12.3. The van der Waals surface area contributed by atoms with Crippen LogP contribution in [0.1, 0.15) is 5.56 Å². The Morgan fingerprint density at radius 3 is 2.75 bits per heavy atom. The number of methoxy groups -OCH3 is 1. The van der Waals surface area contributed by atoms with Crippen LogP contribution in [0, 0.1) is 11.3 Å². The Kier molecular flexibility index (Phi) is 3.83. The molecule has 0 saturated carbocycles. The molecule has 0 atom stereocenters. The van der Waals surface area contributed by atoms with E-state index < -0.39 is 10.0 Å². The van der Waals surface area contributed by atoms with Gasteiger partial charge in [-0.2, -0.15) is 5.26 Å². The number of thiophene rings is 1. The molecule has 8 heteroatoms. The number of nitrogens with zero attached hydrogens (tertiary/aromatic N) is 1. The quantitative estimate of drug-likeness (QED) is 0.840. The second kappa shape index (κ2) is 5.40. The molecule has 0 saturated heterocycles. The third kappa shape index (κ3) is 2.68. The maximum absolute atomic E-state index is 12.3. The monoisotopic (exact) mass is 309 g/mol. The number of sulfonamides is 1. The zero-order chi connectivity index (χ0) is 14.8. The molecule has 0 unspecified atom stereocenters. The lowest BCUT2D eigenvalue weighted by atomic mass is 10.3. The van der Waals surface area contributed by atoms with Crippen molar-refractivity contribution in [3.05, 3.63) is 35.2 Å². The van der Waals surface area contributed by atoms with Gasteiger partial charge in [0.1, 0.15) is 21.7 Å². The van der Waals surface area contributed by atoms with E-state index in [4.69, 9.17) is 15.7 Å². The largest absolute Gasteiger partial charge is 0.497 e. The molecule has 0 spiro atoms. The number of anilines is 2. The van der Waals surface area contributed by atoms with Crippen molar-refractivity contribution in [2.24, 2.45) is 0 Å². The number of nitrogens with two attached hydrogens (primary N) is 1. The molecule has 1 aromatic carbocycles. The van der Waals surface area contributed by atoms with E-state index in [-0.39, 0.29) is 21.1 Å². The van der Waals surface area contributed by atoms with Gasteiger partial charge in [0, 0.05) is 6.07 Å². The summed E-state index contributed by atoms with van der Waals surface area (Å²) in [6.45, 7) is 0. The van der Waals surface area contributed by atoms with E-state index in [9.17, 15) is 8.42 Å². The van der Waals surface area contributed by atoms with Gasteiger partial charge in [-0.15, -0.1) is 11.3 Å². The number of nitrogens with one attached hydrogen (secondary N) is 1. The first-order valence-corrected chi connectivity index (χ1v) is 7.78. The van der Waals surface area contributed by atoms with Crippen LogP contribution in [0.4, 0.5) is 10.7 Å². The molecule has 3 N–H and O–H groups in total. The first kappa shape index (κ1) is 14.2. The molecule has 0 radical (unpaired) electrons. The molecular weight excluding hydrogens is 298 g/mol. The number of nitriles is 1. The third-order valence-corrected chi connectivity index (χ3v) is 4.90. The summed E-state index contributed by atoms with van der Waals surface area (Å²) in [5.41, 5.74) is 6.07. The van der Waals surface area contributed by atoms with Gasteiger partial charge in [0.05, 0.1) is 18.4 Å². The Balaban J connectivity index is 2.39. The first-order valence-electron chi connectivity index (χ1n) is 5.42. The van der Waals surface area contributed by atoms with E-state index in [1.807, 2.05) is 6.07 Å². The fourth-order valence-corrected chi connectivity index (χ4v) is 3.73. The summed E-state index contributed by atoms with van der Waals surface area (Å²) in [5.74, 6) is 0.468. The Hall–Kier alpha value is -2.24. The molecule has 6 nitrogen and oxygen atoms in total.